The molecule has 0 aliphatic rings. The first-order chi connectivity index (χ1) is 10.6. The van der Waals surface area contributed by atoms with Crippen molar-refractivity contribution in [3.8, 4) is 17.1 Å². The summed E-state index contributed by atoms with van der Waals surface area (Å²) in [4.78, 5) is 4.37. The minimum absolute atomic E-state index is 0.266. The molecule has 0 atom stereocenters. The molecule has 1 aromatic heterocycles. The van der Waals surface area contributed by atoms with Crippen molar-refractivity contribution in [2.75, 3.05) is 0 Å². The van der Waals surface area contributed by atoms with Crippen LogP contribution in [0.1, 0.15) is 22.6 Å². The van der Waals surface area contributed by atoms with E-state index in [4.69, 9.17) is 9.26 Å². The van der Waals surface area contributed by atoms with Crippen molar-refractivity contribution in [3.63, 3.8) is 0 Å². The molecule has 1 heterocycles. The van der Waals surface area contributed by atoms with Gasteiger partial charge in [-0.3, -0.25) is 0 Å². The average molecular weight is 294 g/mol. The van der Waals surface area contributed by atoms with Crippen LogP contribution in [0.25, 0.3) is 11.4 Å². The van der Waals surface area contributed by atoms with Crippen molar-refractivity contribution in [2.45, 2.75) is 27.4 Å². The highest BCUT2D eigenvalue weighted by atomic mass is 16.5. The van der Waals surface area contributed by atoms with Crippen molar-refractivity contribution >= 4 is 0 Å². The molecule has 0 fully saturated rings. The van der Waals surface area contributed by atoms with Gasteiger partial charge in [0.15, 0.2) is 6.61 Å². The Labute approximate surface area is 129 Å². The monoisotopic (exact) mass is 294 g/mol. The van der Waals surface area contributed by atoms with E-state index < -0.39 is 0 Å². The van der Waals surface area contributed by atoms with Crippen LogP contribution in [0.2, 0.25) is 0 Å². The van der Waals surface area contributed by atoms with Gasteiger partial charge in [-0.2, -0.15) is 4.98 Å². The molecule has 0 radical (unpaired) electrons. The van der Waals surface area contributed by atoms with E-state index in [2.05, 4.69) is 16.2 Å². The Bertz CT molecular complexity index is 756. The molecule has 22 heavy (non-hydrogen) atoms. The number of benzene rings is 2. The van der Waals surface area contributed by atoms with E-state index in [0.29, 0.717) is 11.7 Å². The highest BCUT2D eigenvalue weighted by molar-refractivity contribution is 5.54. The predicted molar refractivity (Wildman–Crippen MR) is 84.7 cm³/mol. The largest absolute Gasteiger partial charge is 0.484 e. The van der Waals surface area contributed by atoms with Gasteiger partial charge in [0, 0.05) is 5.56 Å². The topological polar surface area (TPSA) is 48.2 Å². The summed E-state index contributed by atoms with van der Waals surface area (Å²) in [5.41, 5.74) is 4.47. The lowest BCUT2D eigenvalue weighted by Crippen LogP contribution is -1.96. The molecule has 2 aromatic carbocycles. The minimum atomic E-state index is 0.266. The normalized spacial score (nSPS) is 10.7. The maximum Gasteiger partial charge on any atom is 0.264 e. The molecule has 0 spiro atoms. The van der Waals surface area contributed by atoms with E-state index >= 15 is 0 Å². The fourth-order valence-electron chi connectivity index (χ4n) is 2.29. The Morgan fingerprint density at radius 3 is 2.27 bits per heavy atom. The highest BCUT2D eigenvalue weighted by Gasteiger charge is 2.09. The van der Waals surface area contributed by atoms with E-state index in [0.717, 1.165) is 11.3 Å². The van der Waals surface area contributed by atoms with Gasteiger partial charge >= 0.3 is 0 Å². The molecule has 0 unspecified atom stereocenters. The van der Waals surface area contributed by atoms with Gasteiger partial charge in [0.2, 0.25) is 5.82 Å². The van der Waals surface area contributed by atoms with Crippen LogP contribution < -0.4 is 4.74 Å². The van der Waals surface area contributed by atoms with Crippen LogP contribution in [-0.4, -0.2) is 10.1 Å². The van der Waals surface area contributed by atoms with E-state index in [1.807, 2.05) is 57.2 Å². The van der Waals surface area contributed by atoms with Gasteiger partial charge in [0.1, 0.15) is 5.75 Å². The van der Waals surface area contributed by atoms with E-state index in [1.54, 1.807) is 0 Å². The number of nitrogens with zero attached hydrogens (tertiary/aromatic N) is 2. The third-order valence-corrected chi connectivity index (χ3v) is 3.34. The second-order valence-electron chi connectivity index (χ2n) is 5.49. The third-order valence-electron chi connectivity index (χ3n) is 3.34. The van der Waals surface area contributed by atoms with E-state index in [9.17, 15) is 0 Å². The van der Waals surface area contributed by atoms with Crippen LogP contribution in [0.3, 0.4) is 0 Å². The molecule has 0 amide bonds. The summed E-state index contributed by atoms with van der Waals surface area (Å²) in [6.45, 7) is 6.40. The molecule has 0 bridgehead atoms. The molecular formula is C18H18N2O2. The third kappa shape index (κ3) is 3.34. The fourth-order valence-corrected chi connectivity index (χ4v) is 2.29. The first-order valence-electron chi connectivity index (χ1n) is 7.21. The average Bonchev–Trinajstić information content (AvgIpc) is 2.94. The van der Waals surface area contributed by atoms with Crippen molar-refractivity contribution in [2.24, 2.45) is 0 Å². The molecule has 3 rings (SSSR count). The summed E-state index contributed by atoms with van der Waals surface area (Å²) in [6.07, 6.45) is 0. The first-order valence-corrected chi connectivity index (χ1v) is 7.21. The van der Waals surface area contributed by atoms with E-state index in [-0.39, 0.29) is 6.61 Å². The van der Waals surface area contributed by atoms with Crippen LogP contribution in [0.4, 0.5) is 0 Å². The Morgan fingerprint density at radius 2 is 1.59 bits per heavy atom. The molecule has 0 aliphatic heterocycles. The van der Waals surface area contributed by atoms with Crippen LogP contribution in [0.5, 0.6) is 5.75 Å². The lowest BCUT2D eigenvalue weighted by Gasteiger charge is -2.05. The maximum atomic E-state index is 5.73. The highest BCUT2D eigenvalue weighted by Crippen LogP contribution is 2.19. The molecular weight excluding hydrogens is 276 g/mol. The zero-order chi connectivity index (χ0) is 15.5. The Hall–Kier alpha value is -2.62. The molecule has 0 saturated heterocycles. The van der Waals surface area contributed by atoms with Gasteiger partial charge in [-0.25, -0.2) is 0 Å². The summed E-state index contributed by atoms with van der Waals surface area (Å²) < 4.78 is 11.0. The maximum absolute atomic E-state index is 5.73. The fraction of sp³-hybridized carbons (Fsp3) is 0.222. The van der Waals surface area contributed by atoms with Crippen molar-refractivity contribution < 1.29 is 9.26 Å². The van der Waals surface area contributed by atoms with Crippen LogP contribution in [0.15, 0.2) is 47.0 Å². The zero-order valence-corrected chi connectivity index (χ0v) is 13.0. The SMILES string of the molecule is Cc1ccc(-c2noc(COc3cc(C)cc(C)c3)n2)cc1. The zero-order valence-electron chi connectivity index (χ0n) is 13.0. The molecule has 0 aliphatic carbocycles. The first kappa shape index (κ1) is 14.3. The molecule has 0 saturated carbocycles. The van der Waals surface area contributed by atoms with Crippen molar-refractivity contribution in [1.29, 1.82) is 0 Å². The van der Waals surface area contributed by atoms with Gasteiger partial charge in [-0.05, 0) is 44.0 Å². The lowest BCUT2D eigenvalue weighted by atomic mass is 10.1. The Morgan fingerprint density at radius 1 is 0.909 bits per heavy atom. The second-order valence-corrected chi connectivity index (χ2v) is 5.49. The van der Waals surface area contributed by atoms with Crippen molar-refractivity contribution in [3.05, 3.63) is 65.0 Å². The lowest BCUT2D eigenvalue weighted by molar-refractivity contribution is 0.242. The standard InChI is InChI=1S/C18H18N2O2/c1-12-4-6-15(7-5-12)18-19-17(22-20-18)11-21-16-9-13(2)8-14(3)10-16/h4-10H,11H2,1-3H3. The molecule has 0 N–H and O–H groups in total. The molecule has 4 heteroatoms. The number of ether oxygens (including phenoxy) is 1. The summed E-state index contributed by atoms with van der Waals surface area (Å²) in [7, 11) is 0. The number of hydrogen-bond donors (Lipinski definition) is 0. The Balaban J connectivity index is 1.70. The summed E-state index contributed by atoms with van der Waals surface area (Å²) in [5.74, 6) is 1.86. The van der Waals surface area contributed by atoms with Gasteiger partial charge in [-0.15, -0.1) is 0 Å². The van der Waals surface area contributed by atoms with Crippen LogP contribution in [0, 0.1) is 20.8 Å². The minimum Gasteiger partial charge on any atom is -0.484 e. The van der Waals surface area contributed by atoms with Gasteiger partial charge < -0.3 is 9.26 Å². The molecule has 3 aromatic rings. The van der Waals surface area contributed by atoms with Gasteiger partial charge in [0.05, 0.1) is 0 Å². The molecule has 4 nitrogen and oxygen atoms in total. The van der Waals surface area contributed by atoms with Crippen LogP contribution >= 0.6 is 0 Å². The second kappa shape index (κ2) is 6.02. The number of rotatable bonds is 4. The Kier molecular flexibility index (Phi) is 3.92. The number of aryl methyl sites for hydroxylation is 3. The van der Waals surface area contributed by atoms with Crippen LogP contribution in [-0.2, 0) is 6.61 Å². The van der Waals surface area contributed by atoms with Crippen molar-refractivity contribution in [1.82, 2.24) is 10.1 Å². The quantitative estimate of drug-likeness (QED) is 0.722. The van der Waals surface area contributed by atoms with Gasteiger partial charge in [-0.1, -0.05) is 41.1 Å². The summed E-state index contributed by atoms with van der Waals surface area (Å²) in [6, 6.07) is 14.1. The number of aromatic nitrogens is 2. The summed E-state index contributed by atoms with van der Waals surface area (Å²) >= 11 is 0. The summed E-state index contributed by atoms with van der Waals surface area (Å²) in [5, 5.41) is 4.00. The smallest absolute Gasteiger partial charge is 0.264 e. The van der Waals surface area contributed by atoms with E-state index in [1.165, 1.54) is 16.7 Å². The van der Waals surface area contributed by atoms with Gasteiger partial charge in [0.25, 0.3) is 5.89 Å². The molecule has 112 valence electrons. The number of hydrogen-bond acceptors (Lipinski definition) is 4. The predicted octanol–water partition coefficient (Wildman–Crippen LogP) is 4.24.